The number of hydroxylamine groups is 2. The molecule has 0 saturated heterocycles. The summed E-state index contributed by atoms with van der Waals surface area (Å²) in [6.07, 6.45) is 0.272. The van der Waals surface area contributed by atoms with Crippen LogP contribution in [0.5, 0.6) is 0 Å². The Balaban J connectivity index is 3.83. The lowest BCUT2D eigenvalue weighted by Crippen LogP contribution is -2.36. The van der Waals surface area contributed by atoms with Gasteiger partial charge in [-0.2, -0.15) is 10.3 Å². The fourth-order valence-corrected chi connectivity index (χ4v) is 1.88. The quantitative estimate of drug-likeness (QED) is 0.387. The highest BCUT2D eigenvalue weighted by atomic mass is 31.2. The molecule has 0 heterocycles. The van der Waals surface area contributed by atoms with E-state index in [4.69, 9.17) is 14.7 Å². The molecule has 0 aromatic carbocycles. The van der Waals surface area contributed by atoms with Crippen LogP contribution in [0.1, 0.15) is 34.1 Å². The first-order chi connectivity index (χ1) is 7.49. The topological polar surface area (TPSA) is 77.8 Å². The normalized spacial score (nSPS) is 13.4. The van der Waals surface area contributed by atoms with Crippen molar-refractivity contribution in [2.75, 3.05) is 6.61 Å². The van der Waals surface area contributed by atoms with Crippen LogP contribution in [-0.2, 0) is 9.46 Å². The molecule has 1 unspecified atom stereocenters. The van der Waals surface area contributed by atoms with Crippen molar-refractivity contribution in [2.45, 2.75) is 46.2 Å². The second kappa shape index (κ2) is 8.82. The minimum atomic E-state index is -1.86. The third-order valence-electron chi connectivity index (χ3n) is 1.65. The Morgan fingerprint density at radius 2 is 1.94 bits per heavy atom. The Kier molecular flexibility index (Phi) is 8.67. The van der Waals surface area contributed by atoms with E-state index in [2.05, 4.69) is 5.25 Å². The Hall–Kier alpha value is -0.280. The molecule has 0 bridgehead atoms. The van der Waals surface area contributed by atoms with Crippen LogP contribution in [0.2, 0.25) is 0 Å². The highest BCUT2D eigenvalue weighted by molar-refractivity contribution is 7.43. The van der Waals surface area contributed by atoms with Crippen molar-refractivity contribution in [3.63, 3.8) is 0 Å². The highest BCUT2D eigenvalue weighted by Gasteiger charge is 2.19. The third kappa shape index (κ3) is 7.07. The number of nitriles is 1. The zero-order valence-corrected chi connectivity index (χ0v) is 11.1. The van der Waals surface area contributed by atoms with Crippen LogP contribution < -0.4 is 5.25 Å². The van der Waals surface area contributed by atoms with Crippen molar-refractivity contribution < 1.29 is 14.4 Å². The van der Waals surface area contributed by atoms with Gasteiger partial charge >= 0.3 is 0 Å². The molecule has 0 rings (SSSR count). The Labute approximate surface area is 98.0 Å². The molecule has 16 heavy (non-hydrogen) atoms. The number of hydrogen-bond acceptors (Lipinski definition) is 6. The lowest BCUT2D eigenvalue weighted by molar-refractivity contribution is -0.117. The first kappa shape index (κ1) is 15.7. The van der Waals surface area contributed by atoms with Gasteiger partial charge in [-0.1, -0.05) is 0 Å². The van der Waals surface area contributed by atoms with Crippen LogP contribution in [0.15, 0.2) is 0 Å². The van der Waals surface area contributed by atoms with Gasteiger partial charge < -0.3 is 4.89 Å². The number of hydrogen-bond donors (Lipinski definition) is 2. The molecule has 0 amide bonds. The van der Waals surface area contributed by atoms with E-state index in [1.165, 1.54) is 0 Å². The third-order valence-corrected chi connectivity index (χ3v) is 2.28. The standard InChI is InChI=1S/C9H20N3O3P/c1-8(2)12(9(3)4)15-16(13)11-14-7-5-6-10/h8-9,11,13H,5,7H2,1-4H3. The molecule has 0 aliphatic heterocycles. The van der Waals surface area contributed by atoms with E-state index in [-0.39, 0.29) is 25.1 Å². The molecule has 0 aromatic rings. The average molecular weight is 249 g/mol. The average Bonchev–Trinajstić information content (AvgIpc) is 2.20. The summed E-state index contributed by atoms with van der Waals surface area (Å²) in [5.41, 5.74) is 0. The monoisotopic (exact) mass is 249 g/mol. The van der Waals surface area contributed by atoms with Crippen molar-refractivity contribution in [3.05, 3.63) is 0 Å². The maximum absolute atomic E-state index is 9.50. The van der Waals surface area contributed by atoms with Crippen molar-refractivity contribution in [3.8, 4) is 6.07 Å². The van der Waals surface area contributed by atoms with Crippen molar-refractivity contribution >= 4 is 8.53 Å². The van der Waals surface area contributed by atoms with E-state index < -0.39 is 8.53 Å². The number of rotatable bonds is 8. The van der Waals surface area contributed by atoms with Crippen molar-refractivity contribution in [2.24, 2.45) is 0 Å². The lowest BCUT2D eigenvalue weighted by Gasteiger charge is -2.30. The highest BCUT2D eigenvalue weighted by Crippen LogP contribution is 2.29. The Morgan fingerprint density at radius 3 is 2.38 bits per heavy atom. The van der Waals surface area contributed by atoms with Crippen LogP contribution >= 0.6 is 8.53 Å². The molecule has 7 heteroatoms. The molecular weight excluding hydrogens is 229 g/mol. The maximum Gasteiger partial charge on any atom is 0.296 e. The fraction of sp³-hybridized carbons (Fsp3) is 0.889. The van der Waals surface area contributed by atoms with E-state index in [9.17, 15) is 4.89 Å². The van der Waals surface area contributed by atoms with Crippen LogP contribution in [0.3, 0.4) is 0 Å². The van der Waals surface area contributed by atoms with Gasteiger partial charge in [0.15, 0.2) is 0 Å². The van der Waals surface area contributed by atoms with E-state index in [1.54, 1.807) is 5.06 Å². The van der Waals surface area contributed by atoms with Gasteiger partial charge in [0.25, 0.3) is 8.53 Å². The van der Waals surface area contributed by atoms with Crippen molar-refractivity contribution in [1.29, 1.82) is 5.26 Å². The molecule has 0 radical (unpaired) electrons. The minimum absolute atomic E-state index is 0.165. The van der Waals surface area contributed by atoms with Gasteiger partial charge in [-0.05, 0) is 27.7 Å². The molecule has 6 nitrogen and oxygen atoms in total. The Bertz CT molecular complexity index is 213. The van der Waals surface area contributed by atoms with Gasteiger partial charge in [-0.15, -0.1) is 5.25 Å². The SMILES string of the molecule is CC(C)N(OP(O)NOCCC#N)C(C)C. The van der Waals surface area contributed by atoms with Gasteiger partial charge in [0.1, 0.15) is 0 Å². The zero-order valence-electron chi connectivity index (χ0n) is 10.2. The largest absolute Gasteiger partial charge is 0.336 e. The van der Waals surface area contributed by atoms with Gasteiger partial charge in [-0.3, -0.25) is 4.84 Å². The Morgan fingerprint density at radius 1 is 1.38 bits per heavy atom. The summed E-state index contributed by atoms with van der Waals surface area (Å²) >= 11 is 0. The molecule has 0 aliphatic rings. The summed E-state index contributed by atoms with van der Waals surface area (Å²) in [4.78, 5) is 14.3. The molecular formula is C9H20N3O3P. The fourth-order valence-electron chi connectivity index (χ4n) is 1.09. The van der Waals surface area contributed by atoms with Gasteiger partial charge in [0, 0.05) is 12.1 Å². The summed E-state index contributed by atoms with van der Waals surface area (Å²) in [6.45, 7) is 8.11. The van der Waals surface area contributed by atoms with E-state index in [0.29, 0.717) is 0 Å². The molecule has 0 fully saturated rings. The molecule has 0 spiro atoms. The number of nitrogens with one attached hydrogen (secondary N) is 1. The van der Waals surface area contributed by atoms with E-state index in [0.717, 1.165) is 0 Å². The van der Waals surface area contributed by atoms with Crippen molar-refractivity contribution in [1.82, 2.24) is 10.3 Å². The summed E-state index contributed by atoms with van der Waals surface area (Å²) < 4.78 is 5.29. The molecule has 1 atom stereocenters. The summed E-state index contributed by atoms with van der Waals surface area (Å²) in [5, 5.41) is 12.3. The van der Waals surface area contributed by atoms with E-state index >= 15 is 0 Å². The molecule has 0 aromatic heterocycles. The van der Waals surface area contributed by atoms with Crippen LogP contribution in [0.4, 0.5) is 0 Å². The second-order valence-corrected chi connectivity index (χ2v) is 4.64. The van der Waals surface area contributed by atoms with Gasteiger partial charge in [-0.25, -0.2) is 4.62 Å². The first-order valence-electron chi connectivity index (χ1n) is 5.18. The zero-order chi connectivity index (χ0) is 12.6. The summed E-state index contributed by atoms with van der Waals surface area (Å²) in [7, 11) is -1.86. The molecule has 0 aliphatic carbocycles. The van der Waals surface area contributed by atoms with E-state index in [1.807, 2.05) is 33.8 Å². The summed E-state index contributed by atoms with van der Waals surface area (Å²) in [5.74, 6) is 0. The maximum atomic E-state index is 9.50. The molecule has 0 saturated carbocycles. The van der Waals surface area contributed by atoms with Gasteiger partial charge in [0.05, 0.1) is 19.1 Å². The smallest absolute Gasteiger partial charge is 0.296 e. The summed E-state index contributed by atoms with van der Waals surface area (Å²) in [6, 6.07) is 2.26. The van der Waals surface area contributed by atoms with Gasteiger partial charge in [0.2, 0.25) is 0 Å². The first-order valence-corrected chi connectivity index (χ1v) is 6.40. The predicted molar refractivity (Wildman–Crippen MR) is 61.7 cm³/mol. The second-order valence-electron chi connectivity index (χ2n) is 3.75. The minimum Gasteiger partial charge on any atom is -0.336 e. The van der Waals surface area contributed by atoms with Crippen LogP contribution in [0.25, 0.3) is 0 Å². The van der Waals surface area contributed by atoms with Crippen LogP contribution in [-0.4, -0.2) is 28.6 Å². The number of nitrogens with zero attached hydrogens (tertiary/aromatic N) is 2. The van der Waals surface area contributed by atoms with Crippen LogP contribution in [0, 0.1) is 11.3 Å². The molecule has 2 N–H and O–H groups in total. The lowest BCUT2D eigenvalue weighted by atomic mass is 10.3. The predicted octanol–water partition coefficient (Wildman–Crippen LogP) is 1.69. The molecule has 94 valence electrons.